The van der Waals surface area contributed by atoms with Crippen molar-refractivity contribution in [1.82, 2.24) is 14.7 Å². The number of carboxylic acids is 1. The Morgan fingerprint density at radius 2 is 2.08 bits per heavy atom. The lowest BCUT2D eigenvalue weighted by molar-refractivity contribution is -0.147. The van der Waals surface area contributed by atoms with Crippen molar-refractivity contribution >= 4 is 11.9 Å². The molecule has 0 aliphatic carbocycles. The Morgan fingerprint density at radius 3 is 2.73 bits per heavy atom. The number of hydrogen-bond donors (Lipinski definition) is 1. The minimum absolute atomic E-state index is 0.0989. The van der Waals surface area contributed by atoms with Crippen LogP contribution in [0.25, 0.3) is 0 Å². The molecule has 1 amide bonds. The van der Waals surface area contributed by atoms with Gasteiger partial charge in [0.1, 0.15) is 12.4 Å². The average molecular weight is 365 g/mol. The zero-order chi connectivity index (χ0) is 19.1. The summed E-state index contributed by atoms with van der Waals surface area (Å²) in [5.74, 6) is -1.56. The second kappa shape index (κ2) is 9.64. The summed E-state index contributed by atoms with van der Waals surface area (Å²) in [7, 11) is 3.79. The van der Waals surface area contributed by atoms with Crippen LogP contribution in [0.1, 0.15) is 18.4 Å². The number of hydrogen-bond acceptors (Lipinski definition) is 4. The van der Waals surface area contributed by atoms with Crippen LogP contribution in [0.15, 0.2) is 24.3 Å². The largest absolute Gasteiger partial charge is 0.480 e. The first-order valence-electron chi connectivity index (χ1n) is 8.97. The SMILES string of the molecule is CN(C)CCN(CC(=O)O)C(=O)[C@@H]1CCCN(Cc2cccc(F)c2)C1. The molecule has 1 atom stereocenters. The molecule has 0 aromatic heterocycles. The maximum Gasteiger partial charge on any atom is 0.323 e. The molecule has 144 valence electrons. The number of likely N-dealkylation sites (N-methyl/N-ethyl adjacent to an activating group) is 1. The fourth-order valence-corrected chi connectivity index (χ4v) is 3.30. The number of nitrogens with zero attached hydrogens (tertiary/aromatic N) is 3. The number of benzene rings is 1. The van der Waals surface area contributed by atoms with Crippen molar-refractivity contribution in [2.45, 2.75) is 19.4 Å². The fraction of sp³-hybridized carbons (Fsp3) is 0.579. The van der Waals surface area contributed by atoms with Gasteiger partial charge in [-0.1, -0.05) is 12.1 Å². The molecule has 1 saturated heterocycles. The number of likely N-dealkylation sites (tertiary alicyclic amines) is 1. The van der Waals surface area contributed by atoms with Gasteiger partial charge in [-0.15, -0.1) is 0 Å². The number of rotatable bonds is 8. The smallest absolute Gasteiger partial charge is 0.323 e. The van der Waals surface area contributed by atoms with Gasteiger partial charge in [0, 0.05) is 26.2 Å². The summed E-state index contributed by atoms with van der Waals surface area (Å²) in [6.07, 6.45) is 1.64. The molecular formula is C19H28FN3O3. The van der Waals surface area contributed by atoms with Crippen LogP contribution in [0.3, 0.4) is 0 Å². The Kier molecular flexibility index (Phi) is 7.53. The first-order chi connectivity index (χ1) is 12.3. The number of piperidine rings is 1. The zero-order valence-corrected chi connectivity index (χ0v) is 15.5. The first-order valence-corrected chi connectivity index (χ1v) is 8.97. The summed E-state index contributed by atoms with van der Waals surface area (Å²) >= 11 is 0. The molecule has 6 nitrogen and oxygen atoms in total. The third kappa shape index (κ3) is 6.38. The molecule has 0 unspecified atom stereocenters. The maximum atomic E-state index is 13.4. The molecule has 1 aliphatic heterocycles. The summed E-state index contributed by atoms with van der Waals surface area (Å²) in [4.78, 5) is 29.5. The van der Waals surface area contributed by atoms with Crippen LogP contribution in [0.5, 0.6) is 0 Å². The topological polar surface area (TPSA) is 64.1 Å². The predicted octanol–water partition coefficient (Wildman–Crippen LogP) is 1.51. The Bertz CT molecular complexity index is 624. The van der Waals surface area contributed by atoms with Gasteiger partial charge < -0.3 is 14.9 Å². The first kappa shape index (κ1) is 20.3. The maximum absolute atomic E-state index is 13.4. The Labute approximate surface area is 154 Å². The third-order valence-corrected chi connectivity index (χ3v) is 4.60. The van der Waals surface area contributed by atoms with Crippen LogP contribution in [-0.2, 0) is 16.1 Å². The summed E-state index contributed by atoms with van der Waals surface area (Å²) in [6.45, 7) is 2.78. The van der Waals surface area contributed by atoms with Crippen molar-refractivity contribution in [2.75, 3.05) is 46.8 Å². The lowest BCUT2D eigenvalue weighted by Crippen LogP contribution is -2.47. The van der Waals surface area contributed by atoms with E-state index in [1.807, 2.05) is 25.1 Å². The highest BCUT2D eigenvalue weighted by atomic mass is 19.1. The summed E-state index contributed by atoms with van der Waals surface area (Å²) in [5, 5.41) is 9.12. The molecule has 1 aromatic carbocycles. The number of carbonyl (C=O) groups excluding carboxylic acids is 1. The molecule has 0 bridgehead atoms. The zero-order valence-electron chi connectivity index (χ0n) is 15.5. The van der Waals surface area contributed by atoms with E-state index in [1.165, 1.54) is 17.0 Å². The van der Waals surface area contributed by atoms with Gasteiger partial charge in [0.05, 0.1) is 5.92 Å². The van der Waals surface area contributed by atoms with Gasteiger partial charge in [0.15, 0.2) is 0 Å². The van der Waals surface area contributed by atoms with Crippen LogP contribution in [0.2, 0.25) is 0 Å². The van der Waals surface area contributed by atoms with Gasteiger partial charge in [-0.05, 0) is 51.2 Å². The van der Waals surface area contributed by atoms with Gasteiger partial charge in [0.25, 0.3) is 0 Å². The number of carbonyl (C=O) groups is 2. The molecule has 1 fully saturated rings. The third-order valence-electron chi connectivity index (χ3n) is 4.60. The van der Waals surface area contributed by atoms with Gasteiger partial charge in [-0.25, -0.2) is 4.39 Å². The Hall–Kier alpha value is -1.99. The molecule has 0 radical (unpaired) electrons. The normalized spacial score (nSPS) is 18.1. The highest BCUT2D eigenvalue weighted by molar-refractivity contribution is 5.83. The van der Waals surface area contributed by atoms with E-state index in [4.69, 9.17) is 5.11 Å². The number of aliphatic carboxylic acids is 1. The number of halogens is 1. The van der Waals surface area contributed by atoms with E-state index in [2.05, 4.69) is 4.90 Å². The highest BCUT2D eigenvalue weighted by Gasteiger charge is 2.30. The summed E-state index contributed by atoms with van der Waals surface area (Å²) in [6, 6.07) is 6.50. The summed E-state index contributed by atoms with van der Waals surface area (Å²) in [5.41, 5.74) is 0.882. The molecule has 1 heterocycles. The monoisotopic (exact) mass is 365 g/mol. The standard InChI is InChI=1S/C19H28FN3O3/c1-21(2)9-10-23(14-18(24)25)19(26)16-6-4-8-22(13-16)12-15-5-3-7-17(20)11-15/h3,5,7,11,16H,4,6,8-10,12-14H2,1-2H3,(H,24,25)/t16-/m1/s1. The van der Waals surface area contributed by atoms with E-state index >= 15 is 0 Å². The van der Waals surface area contributed by atoms with Gasteiger partial charge in [-0.3, -0.25) is 14.5 Å². The van der Waals surface area contributed by atoms with Gasteiger partial charge in [-0.2, -0.15) is 0 Å². The fourth-order valence-electron chi connectivity index (χ4n) is 3.30. The predicted molar refractivity (Wildman–Crippen MR) is 97.2 cm³/mol. The molecule has 26 heavy (non-hydrogen) atoms. The van der Waals surface area contributed by atoms with E-state index in [0.29, 0.717) is 26.2 Å². The van der Waals surface area contributed by atoms with E-state index < -0.39 is 5.97 Å². The van der Waals surface area contributed by atoms with Crippen LogP contribution in [-0.4, -0.2) is 78.5 Å². The highest BCUT2D eigenvalue weighted by Crippen LogP contribution is 2.21. The Balaban J connectivity index is 1.98. The lowest BCUT2D eigenvalue weighted by Gasteiger charge is -2.35. The van der Waals surface area contributed by atoms with Crippen molar-refractivity contribution in [3.8, 4) is 0 Å². The molecular weight excluding hydrogens is 337 g/mol. The lowest BCUT2D eigenvalue weighted by atomic mass is 9.96. The molecule has 1 aromatic rings. The molecule has 7 heteroatoms. The minimum atomic E-state index is -0.996. The minimum Gasteiger partial charge on any atom is -0.480 e. The van der Waals surface area contributed by atoms with Crippen LogP contribution >= 0.6 is 0 Å². The Morgan fingerprint density at radius 1 is 1.31 bits per heavy atom. The second-order valence-corrected chi connectivity index (χ2v) is 7.16. The molecule has 1 N–H and O–H groups in total. The van der Waals surface area contributed by atoms with Crippen molar-refractivity contribution in [3.63, 3.8) is 0 Å². The molecule has 2 rings (SSSR count). The van der Waals surface area contributed by atoms with Crippen molar-refractivity contribution in [2.24, 2.45) is 5.92 Å². The van der Waals surface area contributed by atoms with E-state index in [9.17, 15) is 14.0 Å². The molecule has 0 saturated carbocycles. The average Bonchev–Trinajstić information content (AvgIpc) is 2.58. The molecule has 1 aliphatic rings. The number of amides is 1. The summed E-state index contributed by atoms with van der Waals surface area (Å²) < 4.78 is 13.4. The number of carboxylic acid groups (broad SMARTS) is 1. The van der Waals surface area contributed by atoms with Crippen LogP contribution in [0, 0.1) is 11.7 Å². The van der Waals surface area contributed by atoms with Crippen molar-refractivity contribution < 1.29 is 19.1 Å². The van der Waals surface area contributed by atoms with Gasteiger partial charge in [0.2, 0.25) is 5.91 Å². The quantitative estimate of drug-likeness (QED) is 0.757. The van der Waals surface area contributed by atoms with Crippen molar-refractivity contribution in [3.05, 3.63) is 35.6 Å². The van der Waals surface area contributed by atoms with Crippen LogP contribution in [0.4, 0.5) is 4.39 Å². The van der Waals surface area contributed by atoms with Crippen LogP contribution < -0.4 is 0 Å². The van der Waals surface area contributed by atoms with Gasteiger partial charge >= 0.3 is 5.97 Å². The van der Waals surface area contributed by atoms with E-state index in [0.717, 1.165) is 24.9 Å². The van der Waals surface area contributed by atoms with E-state index in [1.54, 1.807) is 6.07 Å². The van der Waals surface area contributed by atoms with E-state index in [-0.39, 0.29) is 24.2 Å². The molecule has 0 spiro atoms. The van der Waals surface area contributed by atoms with Crippen molar-refractivity contribution in [1.29, 1.82) is 0 Å². The second-order valence-electron chi connectivity index (χ2n) is 7.16.